The van der Waals surface area contributed by atoms with Crippen molar-refractivity contribution in [2.75, 3.05) is 19.6 Å². The molecule has 3 N–H and O–H groups in total. The third-order valence-electron chi connectivity index (χ3n) is 3.32. The fourth-order valence-electron chi connectivity index (χ4n) is 1.97. The van der Waals surface area contributed by atoms with Crippen molar-refractivity contribution in [3.63, 3.8) is 0 Å². The molecule has 0 aromatic heterocycles. The van der Waals surface area contributed by atoms with Crippen molar-refractivity contribution in [3.8, 4) is 0 Å². The molecule has 4 nitrogen and oxygen atoms in total. The minimum atomic E-state index is -0.295. The van der Waals surface area contributed by atoms with Crippen LogP contribution in [0.2, 0.25) is 0 Å². The normalized spacial score (nSPS) is 32.6. The Labute approximate surface area is 84.1 Å². The minimum Gasteiger partial charge on any atom is -0.391 e. The summed E-state index contributed by atoms with van der Waals surface area (Å²) in [7, 11) is 0. The molecule has 80 valence electrons. The van der Waals surface area contributed by atoms with Gasteiger partial charge in [0.1, 0.15) is 0 Å². The maximum atomic E-state index is 11.5. The van der Waals surface area contributed by atoms with Gasteiger partial charge in [0, 0.05) is 31.5 Å². The largest absolute Gasteiger partial charge is 0.391 e. The molecule has 2 unspecified atom stereocenters. The van der Waals surface area contributed by atoms with E-state index in [9.17, 15) is 9.90 Å². The zero-order valence-electron chi connectivity index (χ0n) is 8.33. The Hall–Kier alpha value is -0.610. The molecule has 2 fully saturated rings. The Morgan fingerprint density at radius 1 is 1.43 bits per heavy atom. The van der Waals surface area contributed by atoms with E-state index in [-0.39, 0.29) is 23.8 Å². The van der Waals surface area contributed by atoms with E-state index in [1.54, 1.807) is 0 Å². The Bertz CT molecular complexity index is 216. The molecule has 0 radical (unpaired) electrons. The first kappa shape index (κ1) is 9.93. The van der Waals surface area contributed by atoms with Gasteiger partial charge in [0.25, 0.3) is 0 Å². The first-order valence-electron chi connectivity index (χ1n) is 5.44. The summed E-state index contributed by atoms with van der Waals surface area (Å²) in [6, 6.07) is 0. The van der Waals surface area contributed by atoms with Gasteiger partial charge in [-0.3, -0.25) is 4.79 Å². The highest BCUT2D eigenvalue weighted by molar-refractivity contribution is 5.79. The standard InChI is InChI=1S/C10H18N2O2/c13-9-6-11-4-8(9)5-12-10(14)7-2-1-3-7/h7-9,11,13H,1-6H2,(H,12,14). The highest BCUT2D eigenvalue weighted by Crippen LogP contribution is 2.26. The van der Waals surface area contributed by atoms with E-state index in [0.29, 0.717) is 13.1 Å². The van der Waals surface area contributed by atoms with Crippen LogP contribution < -0.4 is 10.6 Å². The zero-order valence-corrected chi connectivity index (χ0v) is 8.33. The smallest absolute Gasteiger partial charge is 0.223 e. The van der Waals surface area contributed by atoms with Gasteiger partial charge in [-0.2, -0.15) is 0 Å². The topological polar surface area (TPSA) is 61.4 Å². The van der Waals surface area contributed by atoms with E-state index in [1.165, 1.54) is 6.42 Å². The number of carbonyl (C=O) groups excluding carboxylic acids is 1. The number of hydrogen-bond acceptors (Lipinski definition) is 3. The van der Waals surface area contributed by atoms with Crippen molar-refractivity contribution in [2.24, 2.45) is 11.8 Å². The van der Waals surface area contributed by atoms with Crippen molar-refractivity contribution in [3.05, 3.63) is 0 Å². The summed E-state index contributed by atoms with van der Waals surface area (Å²) in [5.41, 5.74) is 0. The average Bonchev–Trinajstić information content (AvgIpc) is 2.44. The van der Waals surface area contributed by atoms with Crippen molar-refractivity contribution in [1.82, 2.24) is 10.6 Å². The van der Waals surface area contributed by atoms with E-state index >= 15 is 0 Å². The lowest BCUT2D eigenvalue weighted by Gasteiger charge is -2.25. The van der Waals surface area contributed by atoms with Crippen molar-refractivity contribution < 1.29 is 9.90 Å². The van der Waals surface area contributed by atoms with Gasteiger partial charge in [-0.25, -0.2) is 0 Å². The molecule has 1 amide bonds. The Morgan fingerprint density at radius 2 is 2.21 bits per heavy atom. The van der Waals surface area contributed by atoms with Crippen molar-refractivity contribution in [1.29, 1.82) is 0 Å². The predicted molar refractivity (Wildman–Crippen MR) is 52.7 cm³/mol. The lowest BCUT2D eigenvalue weighted by molar-refractivity contribution is -0.127. The van der Waals surface area contributed by atoms with E-state index in [0.717, 1.165) is 19.4 Å². The van der Waals surface area contributed by atoms with Gasteiger partial charge in [-0.1, -0.05) is 6.42 Å². The molecule has 4 heteroatoms. The maximum absolute atomic E-state index is 11.5. The molecule has 2 rings (SSSR count). The van der Waals surface area contributed by atoms with Gasteiger partial charge in [-0.15, -0.1) is 0 Å². The molecule has 1 aliphatic carbocycles. The number of hydrogen-bond donors (Lipinski definition) is 3. The summed E-state index contributed by atoms with van der Waals surface area (Å²) in [5.74, 6) is 0.621. The maximum Gasteiger partial charge on any atom is 0.223 e. The van der Waals surface area contributed by atoms with E-state index < -0.39 is 0 Å². The fourth-order valence-corrected chi connectivity index (χ4v) is 1.97. The Kier molecular flexibility index (Phi) is 3.03. The van der Waals surface area contributed by atoms with Crippen LogP contribution in [0.15, 0.2) is 0 Å². The molecule has 0 aromatic rings. The monoisotopic (exact) mass is 198 g/mol. The van der Waals surface area contributed by atoms with Crippen LogP contribution in [0.25, 0.3) is 0 Å². The van der Waals surface area contributed by atoms with Crippen LogP contribution in [0.1, 0.15) is 19.3 Å². The third kappa shape index (κ3) is 2.07. The van der Waals surface area contributed by atoms with Crippen LogP contribution in [0.4, 0.5) is 0 Å². The molecule has 0 bridgehead atoms. The lowest BCUT2D eigenvalue weighted by Crippen LogP contribution is -2.39. The minimum absolute atomic E-state index is 0.176. The van der Waals surface area contributed by atoms with Gasteiger partial charge < -0.3 is 15.7 Å². The van der Waals surface area contributed by atoms with Gasteiger partial charge in [0.05, 0.1) is 6.10 Å². The summed E-state index contributed by atoms with van der Waals surface area (Å²) < 4.78 is 0. The quantitative estimate of drug-likeness (QED) is 0.572. The van der Waals surface area contributed by atoms with Crippen molar-refractivity contribution >= 4 is 5.91 Å². The number of amides is 1. The van der Waals surface area contributed by atoms with Gasteiger partial charge in [0.15, 0.2) is 0 Å². The second-order valence-corrected chi connectivity index (χ2v) is 4.36. The first-order chi connectivity index (χ1) is 6.77. The Balaban J connectivity index is 1.68. The van der Waals surface area contributed by atoms with Gasteiger partial charge in [-0.05, 0) is 12.8 Å². The summed E-state index contributed by atoms with van der Waals surface area (Å²) >= 11 is 0. The summed E-state index contributed by atoms with van der Waals surface area (Å²) in [4.78, 5) is 11.5. The summed E-state index contributed by atoms with van der Waals surface area (Å²) in [5, 5.41) is 15.5. The third-order valence-corrected chi connectivity index (χ3v) is 3.32. The van der Waals surface area contributed by atoms with Crippen LogP contribution in [-0.2, 0) is 4.79 Å². The Morgan fingerprint density at radius 3 is 2.71 bits per heavy atom. The van der Waals surface area contributed by atoms with Crippen LogP contribution in [0.3, 0.4) is 0 Å². The molecule has 1 heterocycles. The number of carbonyl (C=O) groups is 1. The van der Waals surface area contributed by atoms with Crippen molar-refractivity contribution in [2.45, 2.75) is 25.4 Å². The molecular weight excluding hydrogens is 180 g/mol. The fraction of sp³-hybridized carbons (Fsp3) is 0.900. The van der Waals surface area contributed by atoms with Crippen LogP contribution in [0.5, 0.6) is 0 Å². The highest BCUT2D eigenvalue weighted by atomic mass is 16.3. The molecule has 0 spiro atoms. The SMILES string of the molecule is O=C(NCC1CNCC1O)C1CCC1. The van der Waals surface area contributed by atoms with Crippen LogP contribution in [-0.4, -0.2) is 36.8 Å². The van der Waals surface area contributed by atoms with Gasteiger partial charge in [0.2, 0.25) is 5.91 Å². The molecular formula is C10H18N2O2. The number of aliphatic hydroxyl groups excluding tert-OH is 1. The van der Waals surface area contributed by atoms with E-state index in [2.05, 4.69) is 10.6 Å². The molecule has 1 saturated carbocycles. The second-order valence-electron chi connectivity index (χ2n) is 4.36. The number of β-amino-alcohol motifs (C(OH)–C–C–N with tert-alkyl or cyclic N) is 1. The first-order valence-corrected chi connectivity index (χ1v) is 5.44. The number of rotatable bonds is 3. The molecule has 1 saturated heterocycles. The number of nitrogens with one attached hydrogen (secondary N) is 2. The lowest BCUT2D eigenvalue weighted by atomic mass is 9.85. The summed E-state index contributed by atoms with van der Waals surface area (Å²) in [6.07, 6.45) is 2.97. The molecule has 2 atom stereocenters. The van der Waals surface area contributed by atoms with Gasteiger partial charge >= 0.3 is 0 Å². The molecule has 0 aromatic carbocycles. The van der Waals surface area contributed by atoms with E-state index in [4.69, 9.17) is 0 Å². The van der Waals surface area contributed by atoms with E-state index in [1.807, 2.05) is 0 Å². The highest BCUT2D eigenvalue weighted by Gasteiger charge is 2.28. The predicted octanol–water partition coefficient (Wildman–Crippen LogP) is -0.517. The molecule has 14 heavy (non-hydrogen) atoms. The second kappa shape index (κ2) is 4.28. The van der Waals surface area contributed by atoms with Crippen LogP contribution >= 0.6 is 0 Å². The molecule has 2 aliphatic rings. The zero-order chi connectivity index (χ0) is 9.97. The number of aliphatic hydroxyl groups is 1. The van der Waals surface area contributed by atoms with Crippen LogP contribution in [0, 0.1) is 11.8 Å². The average molecular weight is 198 g/mol. The molecule has 1 aliphatic heterocycles. The summed E-state index contributed by atoms with van der Waals surface area (Å²) in [6.45, 7) is 2.08.